The van der Waals surface area contributed by atoms with Crippen molar-refractivity contribution in [1.82, 2.24) is 4.90 Å². The lowest BCUT2D eigenvalue weighted by molar-refractivity contribution is -0.276. The second-order valence-corrected chi connectivity index (χ2v) is 7.29. The first-order valence-corrected chi connectivity index (χ1v) is 9.32. The Bertz CT molecular complexity index is 494. The van der Waals surface area contributed by atoms with Gasteiger partial charge >= 0.3 is 0 Å². The summed E-state index contributed by atoms with van der Waals surface area (Å²) < 4.78 is 15.2. The molecular weight excluding hydrogens is 370 g/mol. The van der Waals surface area contributed by atoms with Gasteiger partial charge in [-0.05, 0) is 0 Å². The van der Waals surface area contributed by atoms with E-state index in [0.717, 1.165) is 16.7 Å². The van der Waals surface area contributed by atoms with Gasteiger partial charge in [0.25, 0.3) is 0 Å². The number of nitrogens with zero attached hydrogens (tertiary/aromatic N) is 1. The van der Waals surface area contributed by atoms with Gasteiger partial charge in [-0.25, -0.2) is 0 Å². The number of likely N-dealkylation sites (tertiary alicyclic amines) is 1. The Kier molecular flexibility index (Phi) is 8.23. The van der Waals surface area contributed by atoms with Crippen molar-refractivity contribution in [2.75, 3.05) is 39.2 Å². The molecule has 0 aromatic rings. The monoisotopic (exact) mass is 395 g/mol. The molecule has 26 heavy (non-hydrogen) atoms. The summed E-state index contributed by atoms with van der Waals surface area (Å²) in [6.45, 7) is 1.18. The van der Waals surface area contributed by atoms with E-state index in [9.17, 15) is 30.0 Å². The average molecular weight is 395 g/mol. The van der Waals surface area contributed by atoms with Crippen molar-refractivity contribution in [3.05, 3.63) is 0 Å². The van der Waals surface area contributed by atoms with Crippen LogP contribution in [0, 0.1) is 0 Å². The summed E-state index contributed by atoms with van der Waals surface area (Å²) in [7, 11) is 1.55. The van der Waals surface area contributed by atoms with E-state index in [0.29, 0.717) is 13.2 Å². The summed E-state index contributed by atoms with van der Waals surface area (Å²) in [5.74, 6) is -0.575. The topological polar surface area (TPSA) is 146 Å². The normalized spacial score (nSPS) is 35.3. The van der Waals surface area contributed by atoms with Gasteiger partial charge in [-0.3, -0.25) is 14.5 Å². The molecule has 2 saturated heterocycles. The molecule has 0 spiro atoms. The Morgan fingerprint density at radius 1 is 1.12 bits per heavy atom. The number of aliphatic hydroxyl groups excluding tert-OH is 4. The number of rotatable bonds is 9. The number of imide groups is 1. The Morgan fingerprint density at radius 2 is 1.85 bits per heavy atom. The van der Waals surface area contributed by atoms with Gasteiger partial charge in [-0.2, -0.15) is 0 Å². The number of methoxy groups -OCH3 is 1. The molecule has 2 heterocycles. The van der Waals surface area contributed by atoms with Crippen molar-refractivity contribution in [2.24, 2.45) is 0 Å². The van der Waals surface area contributed by atoms with Crippen LogP contribution < -0.4 is 0 Å². The van der Waals surface area contributed by atoms with Gasteiger partial charge in [0.15, 0.2) is 6.29 Å². The second kappa shape index (κ2) is 9.95. The molecule has 0 saturated carbocycles. The molecular formula is C15H25NO9S. The summed E-state index contributed by atoms with van der Waals surface area (Å²) in [5, 5.41) is 37.9. The first-order valence-electron chi connectivity index (χ1n) is 8.27. The molecule has 10 nitrogen and oxygen atoms in total. The predicted octanol–water partition coefficient (Wildman–Crippen LogP) is -2.69. The van der Waals surface area contributed by atoms with Crippen molar-refractivity contribution in [1.29, 1.82) is 0 Å². The van der Waals surface area contributed by atoms with Gasteiger partial charge < -0.3 is 34.6 Å². The van der Waals surface area contributed by atoms with Crippen LogP contribution in [0.2, 0.25) is 0 Å². The van der Waals surface area contributed by atoms with Crippen LogP contribution in [0.4, 0.5) is 0 Å². The van der Waals surface area contributed by atoms with E-state index < -0.39 is 36.0 Å². The molecule has 11 heteroatoms. The molecule has 2 aliphatic heterocycles. The number of thioether (sulfide) groups is 1. The van der Waals surface area contributed by atoms with Gasteiger partial charge in [0.1, 0.15) is 18.3 Å². The molecule has 150 valence electrons. The van der Waals surface area contributed by atoms with Crippen LogP contribution in [-0.2, 0) is 23.8 Å². The lowest BCUT2D eigenvalue weighted by Gasteiger charge is -2.38. The van der Waals surface area contributed by atoms with Crippen molar-refractivity contribution in [3.63, 3.8) is 0 Å². The highest BCUT2D eigenvalue weighted by atomic mass is 32.2. The highest BCUT2D eigenvalue weighted by molar-refractivity contribution is 8.00. The number of amides is 2. The van der Waals surface area contributed by atoms with E-state index in [1.54, 1.807) is 7.11 Å². The number of hydrogen-bond acceptors (Lipinski definition) is 10. The third-order valence-corrected chi connectivity index (χ3v) is 5.53. The maximum absolute atomic E-state index is 12.3. The molecule has 0 aliphatic carbocycles. The summed E-state index contributed by atoms with van der Waals surface area (Å²) in [5.41, 5.74) is 0. The summed E-state index contributed by atoms with van der Waals surface area (Å²) >= 11 is 1.10. The fraction of sp³-hybridized carbons (Fsp3) is 0.867. The zero-order chi connectivity index (χ0) is 19.3. The first-order chi connectivity index (χ1) is 12.4. The van der Waals surface area contributed by atoms with Crippen molar-refractivity contribution in [2.45, 2.75) is 42.4 Å². The number of carbonyl (C=O) groups is 2. The Hall–Kier alpha value is -0.790. The minimum Gasteiger partial charge on any atom is -0.388 e. The molecule has 2 fully saturated rings. The van der Waals surface area contributed by atoms with E-state index in [4.69, 9.17) is 14.2 Å². The number of hydrogen-bond donors (Lipinski definition) is 4. The number of ether oxygens (including phenoxy) is 3. The summed E-state index contributed by atoms with van der Waals surface area (Å²) in [6, 6.07) is 0. The van der Waals surface area contributed by atoms with Crippen LogP contribution in [0.3, 0.4) is 0 Å². The average Bonchev–Trinajstić information content (AvgIpc) is 2.89. The van der Waals surface area contributed by atoms with Gasteiger partial charge in [-0.15, -0.1) is 11.8 Å². The van der Waals surface area contributed by atoms with E-state index in [-0.39, 0.29) is 37.1 Å². The van der Waals surface area contributed by atoms with Crippen LogP contribution in [0.1, 0.15) is 6.42 Å². The van der Waals surface area contributed by atoms with Crippen molar-refractivity contribution in [3.8, 4) is 0 Å². The fourth-order valence-corrected chi connectivity index (χ4v) is 3.93. The molecule has 0 radical (unpaired) electrons. The van der Waals surface area contributed by atoms with E-state index in [2.05, 4.69) is 0 Å². The molecule has 0 aromatic carbocycles. The largest absolute Gasteiger partial charge is 0.388 e. The third-order valence-electron chi connectivity index (χ3n) is 4.24. The van der Waals surface area contributed by atoms with Crippen LogP contribution in [0.5, 0.6) is 0 Å². The Morgan fingerprint density at radius 3 is 2.54 bits per heavy atom. The Balaban J connectivity index is 1.79. The highest BCUT2D eigenvalue weighted by Gasteiger charge is 2.44. The smallest absolute Gasteiger partial charge is 0.242 e. The number of carbonyl (C=O) groups excluding carboxylic acids is 2. The zero-order valence-electron chi connectivity index (χ0n) is 14.4. The molecule has 4 unspecified atom stereocenters. The quantitative estimate of drug-likeness (QED) is 0.240. The summed E-state index contributed by atoms with van der Waals surface area (Å²) in [6.07, 6.45) is -7.12. The minimum atomic E-state index is -1.62. The fourth-order valence-electron chi connectivity index (χ4n) is 2.70. The third kappa shape index (κ3) is 5.14. The summed E-state index contributed by atoms with van der Waals surface area (Å²) in [4.78, 5) is 25.5. The maximum Gasteiger partial charge on any atom is 0.242 e. The standard InChI is InChI=1S/C15H25NO9S/c1-23-4-5-24-3-2-16-10(17)6-9(14(16)21)26-7-8-11(18)12(19)13(20)15(22)25-8/h8-9,11-13,15,18-20,22H,2-7H2,1H3/t8?,9?,11-,12-,13?,15?/m0/s1. The lowest BCUT2D eigenvalue weighted by Crippen LogP contribution is -2.58. The van der Waals surface area contributed by atoms with Gasteiger partial charge in [0, 0.05) is 19.3 Å². The minimum absolute atomic E-state index is 0.0259. The highest BCUT2D eigenvalue weighted by Crippen LogP contribution is 2.29. The number of aliphatic hydroxyl groups is 4. The SMILES string of the molecule is COCCOCCN1C(=O)CC(SCC2OC(O)C(O)[C@@H](O)[C@H]2O)C1=O. The molecule has 2 rings (SSSR count). The van der Waals surface area contributed by atoms with Crippen molar-refractivity contribution < 1.29 is 44.2 Å². The second-order valence-electron chi connectivity index (χ2n) is 6.05. The molecule has 0 aromatic heterocycles. The zero-order valence-corrected chi connectivity index (χ0v) is 15.2. The predicted molar refractivity (Wildman–Crippen MR) is 89.2 cm³/mol. The van der Waals surface area contributed by atoms with Crippen LogP contribution in [0.25, 0.3) is 0 Å². The van der Waals surface area contributed by atoms with Gasteiger partial charge in [0.05, 0.1) is 37.7 Å². The maximum atomic E-state index is 12.3. The molecule has 2 aliphatic rings. The van der Waals surface area contributed by atoms with E-state index >= 15 is 0 Å². The Labute approximate surface area is 155 Å². The van der Waals surface area contributed by atoms with Crippen molar-refractivity contribution >= 4 is 23.6 Å². The molecule has 0 bridgehead atoms. The van der Waals surface area contributed by atoms with E-state index in [1.807, 2.05) is 0 Å². The van der Waals surface area contributed by atoms with Crippen LogP contribution in [-0.4, -0.2) is 112 Å². The van der Waals surface area contributed by atoms with Gasteiger partial charge in [0.2, 0.25) is 11.8 Å². The van der Waals surface area contributed by atoms with Gasteiger partial charge in [-0.1, -0.05) is 0 Å². The molecule has 2 amide bonds. The lowest BCUT2D eigenvalue weighted by atomic mass is 10.0. The molecule has 6 atom stereocenters. The van der Waals surface area contributed by atoms with E-state index in [1.165, 1.54) is 0 Å². The molecule has 4 N–H and O–H groups in total. The van der Waals surface area contributed by atoms with Crippen LogP contribution >= 0.6 is 11.8 Å². The first kappa shape index (κ1) is 21.5. The van der Waals surface area contributed by atoms with Crippen LogP contribution in [0.15, 0.2) is 0 Å².